The van der Waals surface area contributed by atoms with Crippen LogP contribution in [0.25, 0.3) is 0 Å². The fraction of sp³-hybridized carbons (Fsp3) is 0.375. The molecule has 0 aliphatic carbocycles. The minimum absolute atomic E-state index is 0.442. The molecule has 0 bridgehead atoms. The van der Waals surface area contributed by atoms with Gasteiger partial charge < -0.3 is 5.11 Å². The summed E-state index contributed by atoms with van der Waals surface area (Å²) < 4.78 is 9.45. The maximum atomic E-state index is 10.0. The maximum Gasteiger partial charge on any atom is 0.142 e. The second-order valence-corrected chi connectivity index (χ2v) is 3.89. The Labute approximate surface area is 95.6 Å². The van der Waals surface area contributed by atoms with Crippen molar-refractivity contribution in [2.45, 2.75) is 19.6 Å². The highest BCUT2D eigenvalue weighted by Crippen LogP contribution is 2.27. The van der Waals surface area contributed by atoms with Gasteiger partial charge in [0.15, 0.2) is 0 Å². The molecule has 0 saturated carbocycles. The van der Waals surface area contributed by atoms with Crippen LogP contribution in [0.5, 0.6) is 0 Å². The number of aliphatic hydroxyl groups excluding tert-OH is 1. The summed E-state index contributed by atoms with van der Waals surface area (Å²) in [5.41, 5.74) is 1.06. The first-order valence-electron chi connectivity index (χ1n) is 4.40. The van der Waals surface area contributed by atoms with Crippen molar-refractivity contribution in [3.8, 4) is 0 Å². The van der Waals surface area contributed by atoms with Crippen molar-refractivity contribution >= 4 is 23.3 Å². The molecule has 1 atom stereocenters. The number of hydrogen-bond acceptors (Lipinski definition) is 5. The van der Waals surface area contributed by atoms with Crippen LogP contribution in [0, 0.1) is 0 Å². The monoisotopic (exact) mass is 244 g/mol. The SMILES string of the molecule is CCn1ncc(Cl)c1C(O)c1cnsn1. The van der Waals surface area contributed by atoms with E-state index in [0.29, 0.717) is 23.0 Å². The van der Waals surface area contributed by atoms with Crippen molar-refractivity contribution < 1.29 is 5.11 Å². The highest BCUT2D eigenvalue weighted by Gasteiger charge is 2.21. The molecule has 15 heavy (non-hydrogen) atoms. The molecule has 7 heteroatoms. The van der Waals surface area contributed by atoms with E-state index in [4.69, 9.17) is 11.6 Å². The summed E-state index contributed by atoms with van der Waals surface area (Å²) in [6, 6.07) is 0. The fourth-order valence-electron chi connectivity index (χ4n) is 1.33. The van der Waals surface area contributed by atoms with Gasteiger partial charge in [0.2, 0.25) is 0 Å². The Morgan fingerprint density at radius 2 is 2.40 bits per heavy atom. The highest BCUT2D eigenvalue weighted by molar-refractivity contribution is 6.99. The van der Waals surface area contributed by atoms with Crippen LogP contribution >= 0.6 is 23.3 Å². The summed E-state index contributed by atoms with van der Waals surface area (Å²) in [7, 11) is 0. The maximum absolute atomic E-state index is 10.0. The predicted molar refractivity (Wildman–Crippen MR) is 56.9 cm³/mol. The zero-order valence-corrected chi connectivity index (χ0v) is 9.53. The van der Waals surface area contributed by atoms with E-state index in [1.54, 1.807) is 4.68 Å². The van der Waals surface area contributed by atoms with Crippen molar-refractivity contribution in [3.05, 3.63) is 28.8 Å². The molecule has 0 saturated heterocycles. The molecular formula is C8H9ClN4OS. The van der Waals surface area contributed by atoms with Crippen LogP contribution in [0.4, 0.5) is 0 Å². The van der Waals surface area contributed by atoms with E-state index in [9.17, 15) is 5.11 Å². The van der Waals surface area contributed by atoms with E-state index < -0.39 is 6.10 Å². The first kappa shape index (κ1) is 10.5. The number of hydrogen-bond donors (Lipinski definition) is 1. The topological polar surface area (TPSA) is 63.8 Å². The Morgan fingerprint density at radius 3 is 3.00 bits per heavy atom. The lowest BCUT2D eigenvalue weighted by Gasteiger charge is -2.10. The summed E-state index contributed by atoms with van der Waals surface area (Å²) in [4.78, 5) is 0. The molecule has 0 aliphatic heterocycles. The third-order valence-electron chi connectivity index (χ3n) is 2.05. The first-order valence-corrected chi connectivity index (χ1v) is 5.51. The van der Waals surface area contributed by atoms with E-state index >= 15 is 0 Å². The fourth-order valence-corrected chi connectivity index (χ4v) is 2.02. The van der Waals surface area contributed by atoms with Crippen LogP contribution in [-0.4, -0.2) is 23.6 Å². The number of rotatable bonds is 3. The molecule has 1 N–H and O–H groups in total. The normalized spacial score (nSPS) is 13.0. The average molecular weight is 245 g/mol. The van der Waals surface area contributed by atoms with Crippen LogP contribution in [0.2, 0.25) is 5.02 Å². The molecule has 80 valence electrons. The van der Waals surface area contributed by atoms with Gasteiger partial charge in [0, 0.05) is 6.54 Å². The third-order valence-corrected chi connectivity index (χ3v) is 2.83. The van der Waals surface area contributed by atoms with Crippen LogP contribution in [-0.2, 0) is 6.54 Å². The van der Waals surface area contributed by atoms with Crippen LogP contribution < -0.4 is 0 Å². The van der Waals surface area contributed by atoms with Crippen LogP contribution in [0.3, 0.4) is 0 Å². The summed E-state index contributed by atoms with van der Waals surface area (Å²) in [6.45, 7) is 2.58. The Kier molecular flexibility index (Phi) is 2.99. The van der Waals surface area contributed by atoms with E-state index in [0.717, 1.165) is 11.7 Å². The molecule has 2 aromatic rings. The summed E-state index contributed by atoms with van der Waals surface area (Å²) in [6.07, 6.45) is 2.18. The lowest BCUT2D eigenvalue weighted by atomic mass is 10.2. The van der Waals surface area contributed by atoms with Crippen molar-refractivity contribution in [1.82, 2.24) is 18.5 Å². The van der Waals surface area contributed by atoms with Crippen molar-refractivity contribution in [2.24, 2.45) is 0 Å². The van der Waals surface area contributed by atoms with Gasteiger partial charge in [-0.15, -0.1) is 0 Å². The zero-order chi connectivity index (χ0) is 10.8. The summed E-state index contributed by atoms with van der Waals surface area (Å²) in [5, 5.41) is 14.5. The summed E-state index contributed by atoms with van der Waals surface area (Å²) >= 11 is 7.00. The number of aliphatic hydroxyl groups is 1. The van der Waals surface area contributed by atoms with Crippen molar-refractivity contribution in [1.29, 1.82) is 0 Å². The number of halogens is 1. The van der Waals surface area contributed by atoms with Gasteiger partial charge in [0.05, 0.1) is 34.8 Å². The second-order valence-electron chi connectivity index (χ2n) is 2.93. The Bertz CT molecular complexity index is 441. The molecule has 0 fully saturated rings. The molecule has 0 amide bonds. The van der Waals surface area contributed by atoms with Crippen molar-refractivity contribution in [3.63, 3.8) is 0 Å². The first-order chi connectivity index (χ1) is 7.24. The molecule has 0 radical (unpaired) electrons. The molecule has 2 rings (SSSR count). The van der Waals surface area contributed by atoms with E-state index in [-0.39, 0.29) is 0 Å². The molecule has 0 aromatic carbocycles. The zero-order valence-electron chi connectivity index (χ0n) is 7.96. The predicted octanol–water partition coefficient (Wildman–Crippen LogP) is 1.49. The molecule has 1 unspecified atom stereocenters. The van der Waals surface area contributed by atoms with Gasteiger partial charge in [-0.2, -0.15) is 13.8 Å². The molecule has 2 aromatic heterocycles. The Hall–Kier alpha value is -0.980. The van der Waals surface area contributed by atoms with Crippen LogP contribution in [0.15, 0.2) is 12.4 Å². The molecule has 0 spiro atoms. The summed E-state index contributed by atoms with van der Waals surface area (Å²) in [5.74, 6) is 0. The smallest absolute Gasteiger partial charge is 0.142 e. The lowest BCUT2D eigenvalue weighted by Crippen LogP contribution is -2.09. The van der Waals surface area contributed by atoms with Crippen molar-refractivity contribution in [2.75, 3.05) is 0 Å². The van der Waals surface area contributed by atoms with E-state index in [1.165, 1.54) is 12.4 Å². The number of nitrogens with zero attached hydrogens (tertiary/aromatic N) is 4. The minimum atomic E-state index is -0.862. The number of aryl methyl sites for hydroxylation is 1. The Balaban J connectivity index is 2.40. The lowest BCUT2D eigenvalue weighted by molar-refractivity contribution is 0.204. The largest absolute Gasteiger partial charge is 0.380 e. The van der Waals surface area contributed by atoms with Gasteiger partial charge in [-0.05, 0) is 6.92 Å². The van der Waals surface area contributed by atoms with Gasteiger partial charge in [-0.25, -0.2) is 0 Å². The molecule has 5 nitrogen and oxygen atoms in total. The van der Waals surface area contributed by atoms with Gasteiger partial charge in [-0.3, -0.25) is 4.68 Å². The average Bonchev–Trinajstić information content (AvgIpc) is 2.85. The number of aromatic nitrogens is 4. The Morgan fingerprint density at radius 1 is 1.60 bits per heavy atom. The molecule has 2 heterocycles. The van der Waals surface area contributed by atoms with Gasteiger partial charge >= 0.3 is 0 Å². The standard InChI is InChI=1S/C8H9ClN4OS/c1-2-13-7(5(9)3-10-13)8(14)6-4-11-15-12-6/h3-4,8,14H,2H2,1H3. The van der Waals surface area contributed by atoms with Gasteiger partial charge in [0.25, 0.3) is 0 Å². The van der Waals surface area contributed by atoms with Gasteiger partial charge in [-0.1, -0.05) is 11.6 Å². The minimum Gasteiger partial charge on any atom is -0.380 e. The second kappa shape index (κ2) is 4.26. The molecule has 0 aliphatic rings. The highest BCUT2D eigenvalue weighted by atomic mass is 35.5. The van der Waals surface area contributed by atoms with E-state index in [1.807, 2.05) is 6.92 Å². The van der Waals surface area contributed by atoms with Crippen LogP contribution in [0.1, 0.15) is 24.4 Å². The quantitative estimate of drug-likeness (QED) is 0.889. The van der Waals surface area contributed by atoms with E-state index in [2.05, 4.69) is 13.8 Å². The van der Waals surface area contributed by atoms with Gasteiger partial charge in [0.1, 0.15) is 11.8 Å². The molecular weight excluding hydrogens is 236 g/mol. The third kappa shape index (κ3) is 1.88.